The summed E-state index contributed by atoms with van der Waals surface area (Å²) in [6.45, 7) is 4.12. The normalized spacial score (nSPS) is 11.5. The molecule has 0 radical (unpaired) electrons. The van der Waals surface area contributed by atoms with E-state index in [1.54, 1.807) is 0 Å². The molecule has 0 fully saturated rings. The second-order valence-electron chi connectivity index (χ2n) is 15.1. The van der Waals surface area contributed by atoms with Gasteiger partial charge in [0.25, 0.3) is 0 Å². The molecule has 3 heteroatoms. The zero-order valence-corrected chi connectivity index (χ0v) is 32.2. The van der Waals surface area contributed by atoms with Crippen molar-refractivity contribution in [1.29, 1.82) is 5.41 Å². The molecule has 276 valence electrons. The Bertz CT molecular complexity index is 3480. The van der Waals surface area contributed by atoms with Crippen LogP contribution in [0.2, 0.25) is 0 Å². The van der Waals surface area contributed by atoms with Crippen LogP contribution in [0.3, 0.4) is 0 Å². The lowest BCUT2D eigenvalue weighted by atomic mass is 9.84. The number of nitrogens with zero attached hydrogens (tertiary/aromatic N) is 2. The summed E-state index contributed by atoms with van der Waals surface area (Å²) < 4.78 is 2.18. The van der Waals surface area contributed by atoms with Gasteiger partial charge in [-0.3, -0.25) is 0 Å². The Morgan fingerprint density at radius 2 is 0.932 bits per heavy atom. The van der Waals surface area contributed by atoms with Crippen molar-refractivity contribution in [3.63, 3.8) is 0 Å². The standard InChI is InChI=1S/C56H37N3/c1-2-53-50(35-57)48-33-41(28-30-54(48)59(53)44-17-4-3-5-18-44)52-22-12-21-51(58-52)40-27-29-47-49(34-40)56(43-26-24-37-14-7-9-16-39(37)32-43)46-20-11-10-19-45(46)55(47)42-25-23-36-13-6-8-15-38(36)31-42/h2-35,57H,1H2. The van der Waals surface area contributed by atoms with Crippen LogP contribution in [0.4, 0.5) is 0 Å². The van der Waals surface area contributed by atoms with Crippen molar-refractivity contribution in [2.45, 2.75) is 0 Å². The maximum Gasteiger partial charge on any atom is 0.0709 e. The molecule has 0 aliphatic rings. The molecule has 0 unspecified atom stereocenters. The first-order valence-electron chi connectivity index (χ1n) is 20.0. The van der Waals surface area contributed by atoms with E-state index in [1.165, 1.54) is 71.6 Å². The summed E-state index contributed by atoms with van der Waals surface area (Å²) in [6, 6.07) is 69.6. The van der Waals surface area contributed by atoms with Gasteiger partial charge in [0.1, 0.15) is 0 Å². The third kappa shape index (κ3) is 5.67. The maximum atomic E-state index is 8.41. The summed E-state index contributed by atoms with van der Waals surface area (Å²) >= 11 is 0. The SMILES string of the molecule is C=Cc1c(C=N)c2cc(-c3cccc(-c4ccc5c(-c6ccc7ccccc7c6)c6ccccc6c(-c6ccc7ccccc7c6)c5c4)n3)ccc2n1-c1ccccc1. The quantitative estimate of drug-likeness (QED) is 0.128. The van der Waals surface area contributed by atoms with Gasteiger partial charge in [0.2, 0.25) is 0 Å². The number of rotatable bonds is 7. The molecule has 59 heavy (non-hydrogen) atoms. The number of aromatic nitrogens is 2. The lowest BCUT2D eigenvalue weighted by Gasteiger charge is -2.19. The summed E-state index contributed by atoms with van der Waals surface area (Å²) in [5.41, 5.74) is 12.4. The van der Waals surface area contributed by atoms with Gasteiger partial charge in [0, 0.05) is 34.0 Å². The van der Waals surface area contributed by atoms with E-state index in [0.717, 1.165) is 50.4 Å². The van der Waals surface area contributed by atoms with Gasteiger partial charge in [-0.1, -0.05) is 146 Å². The van der Waals surface area contributed by atoms with Crippen LogP contribution in [0.5, 0.6) is 0 Å². The highest BCUT2D eigenvalue weighted by Gasteiger charge is 2.20. The van der Waals surface area contributed by atoms with Crippen molar-refractivity contribution in [3.8, 4) is 50.5 Å². The lowest BCUT2D eigenvalue weighted by molar-refractivity contribution is 1.11. The molecule has 2 heterocycles. The Labute approximate surface area is 342 Å². The lowest BCUT2D eigenvalue weighted by Crippen LogP contribution is -1.97. The van der Waals surface area contributed by atoms with Gasteiger partial charge in [0.15, 0.2) is 0 Å². The number of fused-ring (bicyclic) bond motifs is 5. The van der Waals surface area contributed by atoms with E-state index >= 15 is 0 Å². The molecule has 0 saturated heterocycles. The fourth-order valence-corrected chi connectivity index (χ4v) is 9.11. The van der Waals surface area contributed by atoms with Crippen molar-refractivity contribution in [2.24, 2.45) is 0 Å². The molecule has 0 amide bonds. The molecule has 0 saturated carbocycles. The fraction of sp³-hybridized carbons (Fsp3) is 0. The minimum Gasteiger partial charge on any atom is -0.309 e. The predicted octanol–water partition coefficient (Wildman–Crippen LogP) is 14.9. The number of hydrogen-bond acceptors (Lipinski definition) is 2. The summed E-state index contributed by atoms with van der Waals surface area (Å²) in [4.78, 5) is 5.33. The van der Waals surface area contributed by atoms with Crippen LogP contribution in [0, 0.1) is 5.41 Å². The molecule has 1 N–H and O–H groups in total. The molecule has 11 aromatic rings. The Morgan fingerprint density at radius 1 is 0.424 bits per heavy atom. The minimum atomic E-state index is 0.835. The van der Waals surface area contributed by atoms with Crippen LogP contribution in [-0.4, -0.2) is 15.8 Å². The summed E-state index contributed by atoms with van der Waals surface area (Å²) in [7, 11) is 0. The highest BCUT2D eigenvalue weighted by molar-refractivity contribution is 6.22. The van der Waals surface area contributed by atoms with Crippen molar-refractivity contribution < 1.29 is 0 Å². The van der Waals surface area contributed by atoms with Gasteiger partial charge in [-0.25, -0.2) is 4.98 Å². The van der Waals surface area contributed by atoms with Crippen LogP contribution >= 0.6 is 0 Å². The molecule has 3 nitrogen and oxygen atoms in total. The predicted molar refractivity (Wildman–Crippen MR) is 251 cm³/mol. The summed E-state index contributed by atoms with van der Waals surface area (Å²) in [5, 5.41) is 19.1. The van der Waals surface area contributed by atoms with E-state index in [4.69, 9.17) is 10.4 Å². The zero-order chi connectivity index (χ0) is 39.5. The molecule has 0 aliphatic heterocycles. The van der Waals surface area contributed by atoms with E-state index in [2.05, 4.69) is 187 Å². The fourth-order valence-electron chi connectivity index (χ4n) is 9.11. The second kappa shape index (κ2) is 13.9. The van der Waals surface area contributed by atoms with Crippen LogP contribution in [0.1, 0.15) is 11.3 Å². The highest BCUT2D eigenvalue weighted by Crippen LogP contribution is 2.46. The van der Waals surface area contributed by atoms with Crippen molar-refractivity contribution >= 4 is 66.3 Å². The van der Waals surface area contributed by atoms with Gasteiger partial charge in [-0.05, 0) is 126 Å². The van der Waals surface area contributed by atoms with Crippen molar-refractivity contribution in [3.05, 3.63) is 212 Å². The monoisotopic (exact) mass is 751 g/mol. The number of hydrogen-bond donors (Lipinski definition) is 1. The Hall–Kier alpha value is -7.88. The second-order valence-corrected chi connectivity index (χ2v) is 15.1. The summed E-state index contributed by atoms with van der Waals surface area (Å²) in [5.74, 6) is 0. The third-order valence-electron chi connectivity index (χ3n) is 11.8. The van der Waals surface area contributed by atoms with Crippen LogP contribution in [0.15, 0.2) is 201 Å². The minimum absolute atomic E-state index is 0.835. The third-order valence-corrected chi connectivity index (χ3v) is 11.8. The topological polar surface area (TPSA) is 41.7 Å². The van der Waals surface area contributed by atoms with E-state index in [0.29, 0.717) is 0 Å². The summed E-state index contributed by atoms with van der Waals surface area (Å²) in [6.07, 6.45) is 3.27. The number of nitrogens with one attached hydrogen (secondary N) is 1. The van der Waals surface area contributed by atoms with Gasteiger partial charge in [-0.15, -0.1) is 0 Å². The Kier molecular flexibility index (Phi) is 8.13. The number of benzene rings is 9. The van der Waals surface area contributed by atoms with Crippen LogP contribution in [-0.2, 0) is 0 Å². The van der Waals surface area contributed by atoms with Gasteiger partial charge in [0.05, 0.1) is 22.6 Å². The van der Waals surface area contributed by atoms with Crippen molar-refractivity contribution in [2.75, 3.05) is 0 Å². The zero-order valence-electron chi connectivity index (χ0n) is 32.2. The van der Waals surface area contributed by atoms with Crippen LogP contribution in [0.25, 0.3) is 111 Å². The van der Waals surface area contributed by atoms with E-state index in [1.807, 2.05) is 24.3 Å². The maximum absolute atomic E-state index is 8.41. The molecule has 11 rings (SSSR count). The first-order valence-corrected chi connectivity index (χ1v) is 20.0. The van der Waals surface area contributed by atoms with E-state index in [9.17, 15) is 0 Å². The molecular weight excluding hydrogens is 715 g/mol. The Morgan fingerprint density at radius 3 is 1.54 bits per heavy atom. The smallest absolute Gasteiger partial charge is 0.0709 e. The molecule has 9 aromatic carbocycles. The largest absolute Gasteiger partial charge is 0.309 e. The molecule has 0 bridgehead atoms. The van der Waals surface area contributed by atoms with Crippen molar-refractivity contribution in [1.82, 2.24) is 9.55 Å². The van der Waals surface area contributed by atoms with E-state index in [-0.39, 0.29) is 0 Å². The number of para-hydroxylation sites is 1. The van der Waals surface area contributed by atoms with E-state index < -0.39 is 0 Å². The van der Waals surface area contributed by atoms with Gasteiger partial charge < -0.3 is 9.98 Å². The highest BCUT2D eigenvalue weighted by atomic mass is 15.0. The molecule has 0 atom stereocenters. The number of pyridine rings is 1. The first-order chi connectivity index (χ1) is 29.2. The van der Waals surface area contributed by atoms with Gasteiger partial charge in [-0.2, -0.15) is 0 Å². The average Bonchev–Trinajstić information content (AvgIpc) is 3.63. The first kappa shape index (κ1) is 34.4. The molecule has 0 aliphatic carbocycles. The Balaban J connectivity index is 1.12. The molecule has 2 aromatic heterocycles. The van der Waals surface area contributed by atoms with Gasteiger partial charge >= 0.3 is 0 Å². The average molecular weight is 752 g/mol. The van der Waals surface area contributed by atoms with Crippen LogP contribution < -0.4 is 0 Å². The molecular formula is C56H37N3. The molecule has 0 spiro atoms.